The van der Waals surface area contributed by atoms with Gasteiger partial charge in [0.25, 0.3) is 0 Å². The van der Waals surface area contributed by atoms with Crippen molar-refractivity contribution in [2.75, 3.05) is 4.31 Å². The zero-order chi connectivity index (χ0) is 17.2. The highest BCUT2D eigenvalue weighted by atomic mass is 32.2. The summed E-state index contributed by atoms with van der Waals surface area (Å²) < 4.78 is 4.17. The Morgan fingerprint density at radius 3 is 2.40 bits per heavy atom. The summed E-state index contributed by atoms with van der Waals surface area (Å²) in [6, 6.07) is 20.1. The minimum atomic E-state index is -0.392. The molecule has 1 aliphatic rings. The fraction of sp³-hybridized carbons (Fsp3) is 0.105. The summed E-state index contributed by atoms with van der Waals surface area (Å²) in [4.78, 5) is 12.9. The van der Waals surface area contributed by atoms with Crippen LogP contribution in [0.5, 0.6) is 0 Å². The zero-order valence-electron chi connectivity index (χ0n) is 13.4. The van der Waals surface area contributed by atoms with Crippen molar-refractivity contribution in [1.29, 1.82) is 0 Å². The standard InChI is InChI=1S/C19H17N3O2S/c23-19(20-24)13-17-16-5-1-2-6-18(16)25-22(17)15-9-7-14(8-10-15)21-11-3-4-12-21/h1-12,17,24H,13H2,(H,20,23). The number of hydroxylamine groups is 1. The molecule has 2 aromatic carbocycles. The Morgan fingerprint density at radius 1 is 1.00 bits per heavy atom. The number of aromatic nitrogens is 1. The van der Waals surface area contributed by atoms with Gasteiger partial charge in [-0.1, -0.05) is 18.2 Å². The van der Waals surface area contributed by atoms with Gasteiger partial charge in [-0.05, 0) is 60.0 Å². The van der Waals surface area contributed by atoms with Crippen LogP contribution in [0.15, 0.2) is 78.0 Å². The van der Waals surface area contributed by atoms with Gasteiger partial charge < -0.3 is 8.87 Å². The number of nitrogens with zero attached hydrogens (tertiary/aromatic N) is 2. The van der Waals surface area contributed by atoms with E-state index in [0.29, 0.717) is 0 Å². The molecule has 2 N–H and O–H groups in total. The maximum absolute atomic E-state index is 11.8. The Hall–Kier alpha value is -2.70. The summed E-state index contributed by atoms with van der Waals surface area (Å²) in [6.45, 7) is 0. The molecule has 2 heterocycles. The molecule has 0 saturated carbocycles. The number of carbonyl (C=O) groups excluding carboxylic acids is 1. The monoisotopic (exact) mass is 351 g/mol. The lowest BCUT2D eigenvalue weighted by molar-refractivity contribution is -0.129. The Labute approximate surface area is 150 Å². The van der Waals surface area contributed by atoms with Gasteiger partial charge in [-0.25, -0.2) is 5.48 Å². The smallest absolute Gasteiger partial charge is 0.245 e. The molecule has 1 aromatic heterocycles. The predicted octanol–water partition coefficient (Wildman–Crippen LogP) is 3.94. The second-order valence-electron chi connectivity index (χ2n) is 5.82. The Morgan fingerprint density at radius 2 is 1.68 bits per heavy atom. The Kier molecular flexibility index (Phi) is 4.21. The first-order valence-electron chi connectivity index (χ1n) is 7.99. The van der Waals surface area contributed by atoms with E-state index < -0.39 is 5.91 Å². The molecule has 3 aromatic rings. The number of carbonyl (C=O) groups is 1. The molecule has 1 unspecified atom stereocenters. The number of fused-ring (bicyclic) bond motifs is 1. The number of hydrogen-bond donors (Lipinski definition) is 2. The first-order chi connectivity index (χ1) is 12.3. The molecular weight excluding hydrogens is 334 g/mol. The maximum Gasteiger partial charge on any atom is 0.245 e. The van der Waals surface area contributed by atoms with Gasteiger partial charge in [0.15, 0.2) is 0 Å². The molecule has 0 fully saturated rings. The van der Waals surface area contributed by atoms with Crippen LogP contribution in [0, 0.1) is 0 Å². The van der Waals surface area contributed by atoms with E-state index in [1.807, 2.05) is 47.3 Å². The second kappa shape index (κ2) is 6.66. The number of amides is 1. The highest BCUT2D eigenvalue weighted by molar-refractivity contribution is 8.01. The van der Waals surface area contributed by atoms with Crippen molar-refractivity contribution in [2.24, 2.45) is 0 Å². The lowest BCUT2D eigenvalue weighted by atomic mass is 10.0. The van der Waals surface area contributed by atoms with Crippen LogP contribution in [0.1, 0.15) is 18.0 Å². The molecular formula is C19H17N3O2S. The van der Waals surface area contributed by atoms with Crippen LogP contribution in [0.4, 0.5) is 5.69 Å². The number of anilines is 1. The van der Waals surface area contributed by atoms with Crippen LogP contribution in [-0.4, -0.2) is 15.7 Å². The van der Waals surface area contributed by atoms with Gasteiger partial charge in [-0.2, -0.15) is 0 Å². The van der Waals surface area contributed by atoms with Crippen LogP contribution in [0.25, 0.3) is 5.69 Å². The maximum atomic E-state index is 11.8. The van der Waals surface area contributed by atoms with Crippen LogP contribution in [0.3, 0.4) is 0 Å². The first kappa shape index (κ1) is 15.8. The molecule has 6 heteroatoms. The molecule has 1 amide bonds. The minimum absolute atomic E-state index is 0.120. The fourth-order valence-corrected chi connectivity index (χ4v) is 4.26. The van der Waals surface area contributed by atoms with E-state index in [-0.39, 0.29) is 12.5 Å². The quantitative estimate of drug-likeness (QED) is 0.425. The molecule has 5 nitrogen and oxygen atoms in total. The average molecular weight is 351 g/mol. The van der Waals surface area contributed by atoms with Gasteiger partial charge in [-0.15, -0.1) is 0 Å². The third kappa shape index (κ3) is 3.01. The van der Waals surface area contributed by atoms with Crippen molar-refractivity contribution in [3.63, 3.8) is 0 Å². The summed E-state index contributed by atoms with van der Waals surface area (Å²) in [6.07, 6.45) is 4.20. The Bertz CT molecular complexity index is 878. The summed E-state index contributed by atoms with van der Waals surface area (Å²) in [5.41, 5.74) is 4.95. The summed E-state index contributed by atoms with van der Waals surface area (Å²) in [5, 5.41) is 8.91. The van der Waals surface area contributed by atoms with Crippen LogP contribution in [-0.2, 0) is 4.79 Å². The van der Waals surface area contributed by atoms with Crippen molar-refractivity contribution in [2.45, 2.75) is 17.4 Å². The van der Waals surface area contributed by atoms with Crippen molar-refractivity contribution >= 4 is 23.5 Å². The molecule has 0 saturated heterocycles. The third-order valence-corrected chi connectivity index (χ3v) is 5.50. The van der Waals surface area contributed by atoms with E-state index >= 15 is 0 Å². The van der Waals surface area contributed by atoms with Crippen LogP contribution < -0.4 is 9.79 Å². The molecule has 0 spiro atoms. The number of hydrogen-bond acceptors (Lipinski definition) is 4. The molecule has 4 rings (SSSR count). The zero-order valence-corrected chi connectivity index (χ0v) is 14.2. The summed E-state index contributed by atoms with van der Waals surface area (Å²) in [7, 11) is 0. The van der Waals surface area contributed by atoms with Gasteiger partial charge in [0.1, 0.15) is 0 Å². The first-order valence-corrected chi connectivity index (χ1v) is 8.76. The normalized spacial score (nSPS) is 15.9. The summed E-state index contributed by atoms with van der Waals surface area (Å²) in [5.74, 6) is -0.392. The largest absolute Gasteiger partial charge is 0.324 e. The third-order valence-electron chi connectivity index (χ3n) is 4.27. The number of rotatable bonds is 4. The van der Waals surface area contributed by atoms with Crippen molar-refractivity contribution in [3.05, 3.63) is 78.6 Å². The van der Waals surface area contributed by atoms with Gasteiger partial charge in [0.05, 0.1) is 12.5 Å². The molecule has 0 aliphatic carbocycles. The van der Waals surface area contributed by atoms with Gasteiger partial charge in [-0.3, -0.25) is 10.0 Å². The van der Waals surface area contributed by atoms with Crippen molar-refractivity contribution in [3.8, 4) is 5.69 Å². The molecule has 25 heavy (non-hydrogen) atoms. The Balaban J connectivity index is 1.65. The van der Waals surface area contributed by atoms with Gasteiger partial charge in [0, 0.05) is 28.7 Å². The minimum Gasteiger partial charge on any atom is -0.324 e. The average Bonchev–Trinajstić information content (AvgIpc) is 3.30. The topological polar surface area (TPSA) is 57.5 Å². The highest BCUT2D eigenvalue weighted by Gasteiger charge is 2.33. The van der Waals surface area contributed by atoms with Crippen molar-refractivity contribution < 1.29 is 10.0 Å². The van der Waals surface area contributed by atoms with E-state index in [2.05, 4.69) is 34.6 Å². The van der Waals surface area contributed by atoms with E-state index in [0.717, 1.165) is 21.8 Å². The summed E-state index contributed by atoms with van der Waals surface area (Å²) >= 11 is 1.62. The van der Waals surface area contributed by atoms with E-state index in [9.17, 15) is 4.79 Å². The van der Waals surface area contributed by atoms with Crippen molar-refractivity contribution in [1.82, 2.24) is 10.0 Å². The fourth-order valence-electron chi connectivity index (χ4n) is 3.06. The molecule has 0 radical (unpaired) electrons. The predicted molar refractivity (Wildman–Crippen MR) is 97.8 cm³/mol. The molecule has 126 valence electrons. The lowest BCUT2D eigenvalue weighted by Crippen LogP contribution is -2.26. The number of benzene rings is 2. The number of nitrogens with one attached hydrogen (secondary N) is 1. The molecule has 0 bridgehead atoms. The SMILES string of the molecule is O=C(CC1c2ccccc2SN1c1ccc(-n2cccc2)cc1)NO. The van der Waals surface area contributed by atoms with E-state index in [1.54, 1.807) is 17.4 Å². The van der Waals surface area contributed by atoms with Gasteiger partial charge in [0.2, 0.25) is 5.91 Å². The van der Waals surface area contributed by atoms with Crippen LogP contribution in [0.2, 0.25) is 0 Å². The van der Waals surface area contributed by atoms with Gasteiger partial charge >= 0.3 is 0 Å². The second-order valence-corrected chi connectivity index (χ2v) is 6.83. The molecule has 1 aliphatic heterocycles. The molecule has 1 atom stereocenters. The van der Waals surface area contributed by atoms with E-state index in [1.165, 1.54) is 0 Å². The van der Waals surface area contributed by atoms with Crippen LogP contribution >= 0.6 is 11.9 Å². The lowest BCUT2D eigenvalue weighted by Gasteiger charge is -2.25. The highest BCUT2D eigenvalue weighted by Crippen LogP contribution is 2.48. The van der Waals surface area contributed by atoms with E-state index in [4.69, 9.17) is 5.21 Å².